The predicted octanol–water partition coefficient (Wildman–Crippen LogP) is 1.96. The van der Waals surface area contributed by atoms with E-state index in [2.05, 4.69) is 10.0 Å². The standard InChI is InChI=1S/C17H18N2O5S2/c20-15(19-17(16(21)22)7-3-8-17)12-4-1-6-14(10-12)26(23,24)18-11-13-5-2-9-25-13/h1-2,4-6,9-10,18H,3,7-8,11H2,(H,19,20)(H,21,22). The average Bonchev–Trinajstić information content (AvgIpc) is 3.09. The molecule has 1 heterocycles. The number of hydrogen-bond donors (Lipinski definition) is 3. The molecule has 3 N–H and O–H groups in total. The molecule has 0 bridgehead atoms. The van der Waals surface area contributed by atoms with E-state index in [-0.39, 0.29) is 17.0 Å². The number of carbonyl (C=O) groups excluding carboxylic acids is 1. The lowest BCUT2D eigenvalue weighted by molar-refractivity contribution is -0.148. The molecule has 1 fully saturated rings. The number of carbonyl (C=O) groups is 2. The van der Waals surface area contributed by atoms with E-state index in [1.807, 2.05) is 17.5 Å². The van der Waals surface area contributed by atoms with Gasteiger partial charge < -0.3 is 10.4 Å². The van der Waals surface area contributed by atoms with Crippen molar-refractivity contribution in [2.45, 2.75) is 36.2 Å². The molecule has 0 unspecified atom stereocenters. The first-order valence-corrected chi connectivity index (χ1v) is 10.4. The Bertz CT molecular complexity index is 918. The maximum absolute atomic E-state index is 12.4. The topological polar surface area (TPSA) is 113 Å². The number of rotatable bonds is 7. The summed E-state index contributed by atoms with van der Waals surface area (Å²) in [6.07, 6.45) is 1.47. The maximum Gasteiger partial charge on any atom is 0.329 e. The monoisotopic (exact) mass is 394 g/mol. The number of amides is 1. The van der Waals surface area contributed by atoms with Crippen LogP contribution in [-0.2, 0) is 21.4 Å². The number of hydrogen-bond acceptors (Lipinski definition) is 5. The van der Waals surface area contributed by atoms with Crippen LogP contribution in [0.2, 0.25) is 0 Å². The van der Waals surface area contributed by atoms with Crippen LogP contribution in [0.1, 0.15) is 34.5 Å². The van der Waals surface area contributed by atoms with Gasteiger partial charge in [0.25, 0.3) is 5.91 Å². The second-order valence-electron chi connectivity index (χ2n) is 6.13. The van der Waals surface area contributed by atoms with Crippen LogP contribution in [0.15, 0.2) is 46.7 Å². The Labute approximate surface area is 155 Å². The molecule has 0 atom stereocenters. The Balaban J connectivity index is 1.75. The minimum atomic E-state index is -3.78. The van der Waals surface area contributed by atoms with Gasteiger partial charge in [-0.25, -0.2) is 17.9 Å². The molecule has 26 heavy (non-hydrogen) atoms. The van der Waals surface area contributed by atoms with E-state index in [9.17, 15) is 23.1 Å². The van der Waals surface area contributed by atoms with Gasteiger partial charge in [0.2, 0.25) is 10.0 Å². The summed E-state index contributed by atoms with van der Waals surface area (Å²) in [6, 6.07) is 9.22. The third kappa shape index (κ3) is 3.79. The van der Waals surface area contributed by atoms with Crippen LogP contribution >= 0.6 is 11.3 Å². The quantitative estimate of drug-likeness (QED) is 0.665. The van der Waals surface area contributed by atoms with E-state index in [4.69, 9.17) is 0 Å². The minimum Gasteiger partial charge on any atom is -0.480 e. The Morgan fingerprint density at radius 2 is 1.96 bits per heavy atom. The zero-order valence-electron chi connectivity index (χ0n) is 13.8. The smallest absolute Gasteiger partial charge is 0.329 e. The molecule has 3 rings (SSSR count). The van der Waals surface area contributed by atoms with E-state index in [1.54, 1.807) is 0 Å². The lowest BCUT2D eigenvalue weighted by Gasteiger charge is -2.38. The molecule has 0 radical (unpaired) electrons. The van der Waals surface area contributed by atoms with Crippen molar-refractivity contribution in [2.75, 3.05) is 0 Å². The van der Waals surface area contributed by atoms with Crippen LogP contribution in [0.5, 0.6) is 0 Å². The molecule has 2 aromatic rings. The van der Waals surface area contributed by atoms with Gasteiger partial charge in [-0.2, -0.15) is 0 Å². The summed E-state index contributed by atoms with van der Waals surface area (Å²) in [5.74, 6) is -1.67. The van der Waals surface area contributed by atoms with E-state index >= 15 is 0 Å². The highest BCUT2D eigenvalue weighted by atomic mass is 32.2. The maximum atomic E-state index is 12.4. The van der Waals surface area contributed by atoms with Gasteiger partial charge in [0.1, 0.15) is 5.54 Å². The lowest BCUT2D eigenvalue weighted by Crippen LogP contribution is -2.59. The summed E-state index contributed by atoms with van der Waals surface area (Å²) in [6.45, 7) is 0.165. The molecule has 1 saturated carbocycles. The molecule has 1 aliphatic carbocycles. The highest BCUT2D eigenvalue weighted by Crippen LogP contribution is 2.32. The number of carboxylic acid groups (broad SMARTS) is 1. The number of benzene rings is 1. The van der Waals surface area contributed by atoms with Crippen molar-refractivity contribution in [3.63, 3.8) is 0 Å². The predicted molar refractivity (Wildman–Crippen MR) is 96.5 cm³/mol. The van der Waals surface area contributed by atoms with Gasteiger partial charge in [0.05, 0.1) is 4.90 Å². The second kappa shape index (κ2) is 7.18. The van der Waals surface area contributed by atoms with Crippen LogP contribution in [-0.4, -0.2) is 30.9 Å². The Morgan fingerprint density at radius 3 is 2.54 bits per heavy atom. The normalized spacial score (nSPS) is 15.8. The summed E-state index contributed by atoms with van der Waals surface area (Å²) in [4.78, 5) is 24.6. The van der Waals surface area contributed by atoms with Crippen LogP contribution in [0.25, 0.3) is 0 Å². The molecule has 1 amide bonds. The average molecular weight is 394 g/mol. The number of aliphatic carboxylic acids is 1. The fraction of sp³-hybridized carbons (Fsp3) is 0.294. The molecule has 0 spiro atoms. The molecule has 1 aromatic heterocycles. The van der Waals surface area contributed by atoms with Crippen molar-refractivity contribution in [3.05, 3.63) is 52.2 Å². The van der Waals surface area contributed by atoms with Gasteiger partial charge in [-0.1, -0.05) is 12.1 Å². The summed E-state index contributed by atoms with van der Waals surface area (Å²) in [5.41, 5.74) is -1.14. The van der Waals surface area contributed by atoms with Gasteiger partial charge in [-0.3, -0.25) is 4.79 Å². The van der Waals surface area contributed by atoms with Gasteiger partial charge in [0, 0.05) is 17.0 Å². The van der Waals surface area contributed by atoms with Crippen LogP contribution in [0.4, 0.5) is 0 Å². The van der Waals surface area contributed by atoms with E-state index in [0.29, 0.717) is 12.8 Å². The molecule has 7 nitrogen and oxygen atoms in total. The van der Waals surface area contributed by atoms with Gasteiger partial charge in [-0.15, -0.1) is 11.3 Å². The summed E-state index contributed by atoms with van der Waals surface area (Å²) in [5, 5.41) is 13.7. The van der Waals surface area contributed by atoms with Gasteiger partial charge in [-0.05, 0) is 48.9 Å². The van der Waals surface area contributed by atoms with E-state index in [0.717, 1.165) is 11.3 Å². The second-order valence-corrected chi connectivity index (χ2v) is 8.93. The minimum absolute atomic E-state index is 0.0420. The van der Waals surface area contributed by atoms with Crippen molar-refractivity contribution >= 4 is 33.2 Å². The Morgan fingerprint density at radius 1 is 1.19 bits per heavy atom. The van der Waals surface area contributed by atoms with Crippen molar-refractivity contribution in [3.8, 4) is 0 Å². The SMILES string of the molecule is O=C(NC1(C(=O)O)CCC1)c1cccc(S(=O)(=O)NCc2cccs2)c1. The molecular weight excluding hydrogens is 376 g/mol. The van der Waals surface area contributed by atoms with Crippen molar-refractivity contribution < 1.29 is 23.1 Å². The first-order chi connectivity index (χ1) is 12.3. The molecule has 1 aromatic carbocycles. The molecule has 0 aliphatic heterocycles. The highest BCUT2D eigenvalue weighted by Gasteiger charge is 2.45. The van der Waals surface area contributed by atoms with Gasteiger partial charge >= 0.3 is 5.97 Å². The lowest BCUT2D eigenvalue weighted by atomic mass is 9.76. The van der Waals surface area contributed by atoms with E-state index in [1.165, 1.54) is 35.6 Å². The van der Waals surface area contributed by atoms with Crippen molar-refractivity contribution in [1.82, 2.24) is 10.0 Å². The molecule has 1 aliphatic rings. The fourth-order valence-corrected chi connectivity index (χ4v) is 4.47. The molecule has 9 heteroatoms. The number of carboxylic acids is 1. The zero-order valence-corrected chi connectivity index (χ0v) is 15.4. The largest absolute Gasteiger partial charge is 0.480 e. The van der Waals surface area contributed by atoms with Crippen molar-refractivity contribution in [1.29, 1.82) is 0 Å². The summed E-state index contributed by atoms with van der Waals surface area (Å²) < 4.78 is 27.4. The molecule has 0 saturated heterocycles. The van der Waals surface area contributed by atoms with Crippen LogP contribution in [0.3, 0.4) is 0 Å². The Kier molecular flexibility index (Phi) is 5.12. The first-order valence-electron chi connectivity index (χ1n) is 8.00. The summed E-state index contributed by atoms with van der Waals surface area (Å²) in [7, 11) is -3.78. The van der Waals surface area contributed by atoms with Crippen LogP contribution in [0, 0.1) is 0 Å². The van der Waals surface area contributed by atoms with Crippen molar-refractivity contribution in [2.24, 2.45) is 0 Å². The van der Waals surface area contributed by atoms with Gasteiger partial charge in [0.15, 0.2) is 0 Å². The third-order valence-corrected chi connectivity index (χ3v) is 6.67. The zero-order chi connectivity index (χ0) is 18.8. The number of sulfonamides is 1. The number of nitrogens with one attached hydrogen (secondary N) is 2. The number of thiophene rings is 1. The first kappa shape index (κ1) is 18.6. The molecule has 138 valence electrons. The van der Waals surface area contributed by atoms with Crippen LogP contribution < -0.4 is 10.0 Å². The molecular formula is C17H18N2O5S2. The third-order valence-electron chi connectivity index (χ3n) is 4.39. The summed E-state index contributed by atoms with van der Waals surface area (Å²) >= 11 is 1.44. The highest BCUT2D eigenvalue weighted by molar-refractivity contribution is 7.89. The van der Waals surface area contributed by atoms with E-state index < -0.39 is 27.4 Å². The Hall–Kier alpha value is -2.23. The fourth-order valence-electron chi connectivity index (χ4n) is 2.68.